The van der Waals surface area contributed by atoms with E-state index in [0.29, 0.717) is 16.3 Å². The molecule has 0 spiro atoms. The summed E-state index contributed by atoms with van der Waals surface area (Å²) in [5, 5.41) is 5.41. The van der Waals surface area contributed by atoms with Crippen LogP contribution in [-0.2, 0) is 4.79 Å². The zero-order valence-electron chi connectivity index (χ0n) is 11.1. The first-order valence-electron chi connectivity index (χ1n) is 6.10. The van der Waals surface area contributed by atoms with E-state index in [1.807, 2.05) is 0 Å². The van der Waals surface area contributed by atoms with Crippen LogP contribution in [0.3, 0.4) is 0 Å². The highest BCUT2D eigenvalue weighted by atomic mass is 35.5. The highest BCUT2D eigenvalue weighted by molar-refractivity contribution is 6.31. The van der Waals surface area contributed by atoms with E-state index >= 15 is 0 Å². The first-order chi connectivity index (χ1) is 9.95. The van der Waals surface area contributed by atoms with Crippen molar-refractivity contribution in [3.8, 4) is 0 Å². The second-order valence-electron chi connectivity index (χ2n) is 4.34. The Morgan fingerprint density at radius 3 is 2.52 bits per heavy atom. The van der Waals surface area contributed by atoms with Gasteiger partial charge in [0.25, 0.3) is 5.91 Å². The van der Waals surface area contributed by atoms with E-state index in [1.165, 1.54) is 31.2 Å². The lowest BCUT2D eigenvalue weighted by Crippen LogP contribution is -2.13. The Morgan fingerprint density at radius 2 is 1.86 bits per heavy atom. The largest absolute Gasteiger partial charge is 0.324 e. The second kappa shape index (κ2) is 6.37. The van der Waals surface area contributed by atoms with Gasteiger partial charge in [-0.3, -0.25) is 9.59 Å². The Labute approximate surface area is 125 Å². The molecule has 0 aliphatic heterocycles. The topological polar surface area (TPSA) is 58.2 Å². The number of benzene rings is 2. The number of carbonyl (C=O) groups is 2. The van der Waals surface area contributed by atoms with Crippen LogP contribution in [0.4, 0.5) is 15.8 Å². The number of anilines is 2. The Bertz CT molecular complexity index is 704. The third-order valence-corrected chi connectivity index (χ3v) is 2.86. The third-order valence-electron chi connectivity index (χ3n) is 2.62. The maximum atomic E-state index is 13.5. The molecule has 0 bridgehead atoms. The van der Waals surface area contributed by atoms with Crippen LogP contribution in [0.25, 0.3) is 0 Å². The lowest BCUT2D eigenvalue weighted by atomic mass is 10.2. The smallest absolute Gasteiger partial charge is 0.255 e. The molecule has 0 unspecified atom stereocenters. The van der Waals surface area contributed by atoms with Crippen molar-refractivity contribution < 1.29 is 14.0 Å². The molecule has 0 fully saturated rings. The van der Waals surface area contributed by atoms with Crippen LogP contribution >= 0.6 is 11.6 Å². The van der Waals surface area contributed by atoms with Gasteiger partial charge in [0.2, 0.25) is 5.91 Å². The lowest BCUT2D eigenvalue weighted by Gasteiger charge is -2.09. The summed E-state index contributed by atoms with van der Waals surface area (Å²) >= 11 is 5.82. The van der Waals surface area contributed by atoms with Crippen LogP contribution in [0.1, 0.15) is 17.3 Å². The highest BCUT2D eigenvalue weighted by Gasteiger charge is 2.09. The molecular weight excluding hydrogens is 295 g/mol. The van der Waals surface area contributed by atoms with Gasteiger partial charge < -0.3 is 10.6 Å². The van der Waals surface area contributed by atoms with Gasteiger partial charge in [-0.1, -0.05) is 17.7 Å². The number of hydrogen-bond acceptors (Lipinski definition) is 2. The quantitative estimate of drug-likeness (QED) is 0.908. The van der Waals surface area contributed by atoms with Crippen molar-refractivity contribution in [1.82, 2.24) is 0 Å². The molecular formula is C15H12ClFN2O2. The van der Waals surface area contributed by atoms with Gasteiger partial charge in [-0.25, -0.2) is 4.39 Å². The summed E-state index contributed by atoms with van der Waals surface area (Å²) in [6.07, 6.45) is 0. The van der Waals surface area contributed by atoms with Crippen molar-refractivity contribution in [2.24, 2.45) is 0 Å². The van der Waals surface area contributed by atoms with E-state index in [1.54, 1.807) is 18.2 Å². The third kappa shape index (κ3) is 4.03. The summed E-state index contributed by atoms with van der Waals surface area (Å²) in [4.78, 5) is 23.0. The molecule has 2 rings (SSSR count). The molecule has 2 N–H and O–H groups in total. The van der Waals surface area contributed by atoms with Crippen LogP contribution in [0, 0.1) is 5.82 Å². The van der Waals surface area contributed by atoms with Crippen LogP contribution < -0.4 is 10.6 Å². The number of carbonyl (C=O) groups excluding carboxylic acids is 2. The zero-order chi connectivity index (χ0) is 15.4. The first-order valence-corrected chi connectivity index (χ1v) is 6.47. The number of rotatable bonds is 3. The van der Waals surface area contributed by atoms with Crippen molar-refractivity contribution in [3.05, 3.63) is 58.9 Å². The van der Waals surface area contributed by atoms with Gasteiger partial charge in [-0.15, -0.1) is 0 Å². The molecule has 2 amide bonds. The predicted octanol–water partition coefficient (Wildman–Crippen LogP) is 3.69. The van der Waals surface area contributed by atoms with Crippen LogP contribution in [0.15, 0.2) is 42.5 Å². The van der Waals surface area contributed by atoms with E-state index in [4.69, 9.17) is 11.6 Å². The molecule has 108 valence electrons. The minimum absolute atomic E-state index is 0.00592. The van der Waals surface area contributed by atoms with E-state index in [9.17, 15) is 14.0 Å². The van der Waals surface area contributed by atoms with Gasteiger partial charge >= 0.3 is 0 Å². The van der Waals surface area contributed by atoms with Gasteiger partial charge in [0.05, 0.1) is 5.69 Å². The number of nitrogens with one attached hydrogen (secondary N) is 2. The first kappa shape index (κ1) is 15.0. The molecule has 0 aliphatic rings. The fourth-order valence-electron chi connectivity index (χ4n) is 1.72. The molecule has 6 heteroatoms. The molecule has 0 aromatic heterocycles. The maximum absolute atomic E-state index is 13.5. The van der Waals surface area contributed by atoms with Gasteiger partial charge in [-0.05, 0) is 36.4 Å². The molecule has 0 saturated carbocycles. The molecule has 2 aromatic rings. The SMILES string of the molecule is CC(=O)Nc1cc(NC(=O)c2cccc(Cl)c2)ccc1F. The minimum Gasteiger partial charge on any atom is -0.324 e. The average molecular weight is 307 g/mol. The summed E-state index contributed by atoms with van der Waals surface area (Å²) in [6, 6.07) is 10.4. The lowest BCUT2D eigenvalue weighted by molar-refractivity contribution is -0.114. The van der Waals surface area contributed by atoms with E-state index < -0.39 is 11.7 Å². The Morgan fingerprint density at radius 1 is 1.10 bits per heavy atom. The van der Waals surface area contributed by atoms with E-state index in [2.05, 4.69) is 10.6 Å². The summed E-state index contributed by atoms with van der Waals surface area (Å²) in [5.74, 6) is -1.35. The van der Waals surface area contributed by atoms with Gasteiger partial charge in [0.15, 0.2) is 0 Å². The predicted molar refractivity (Wildman–Crippen MR) is 80.1 cm³/mol. The molecule has 0 saturated heterocycles. The molecule has 4 nitrogen and oxygen atoms in total. The molecule has 0 heterocycles. The zero-order valence-corrected chi connectivity index (χ0v) is 11.9. The van der Waals surface area contributed by atoms with Crippen molar-refractivity contribution >= 4 is 34.8 Å². The van der Waals surface area contributed by atoms with Crippen LogP contribution in [0.2, 0.25) is 5.02 Å². The van der Waals surface area contributed by atoms with E-state index in [0.717, 1.165) is 0 Å². The number of amides is 2. The normalized spacial score (nSPS) is 10.0. The molecule has 2 aromatic carbocycles. The fourth-order valence-corrected chi connectivity index (χ4v) is 1.91. The molecule has 0 radical (unpaired) electrons. The summed E-state index contributed by atoms with van der Waals surface area (Å²) < 4.78 is 13.5. The van der Waals surface area contributed by atoms with Crippen molar-refractivity contribution in [2.75, 3.05) is 10.6 Å². The summed E-state index contributed by atoms with van der Waals surface area (Å²) in [6.45, 7) is 1.27. The Balaban J connectivity index is 2.19. The molecule has 0 atom stereocenters. The van der Waals surface area contributed by atoms with Gasteiger partial charge in [0.1, 0.15) is 5.82 Å². The van der Waals surface area contributed by atoms with E-state index in [-0.39, 0.29) is 11.6 Å². The van der Waals surface area contributed by atoms with Crippen LogP contribution in [-0.4, -0.2) is 11.8 Å². The van der Waals surface area contributed by atoms with Crippen molar-refractivity contribution in [2.45, 2.75) is 6.92 Å². The van der Waals surface area contributed by atoms with Gasteiger partial charge in [0, 0.05) is 23.2 Å². The Kier molecular flexibility index (Phi) is 4.55. The van der Waals surface area contributed by atoms with Crippen molar-refractivity contribution in [1.29, 1.82) is 0 Å². The molecule has 0 aliphatic carbocycles. The molecule has 21 heavy (non-hydrogen) atoms. The average Bonchev–Trinajstić information content (AvgIpc) is 2.42. The number of hydrogen-bond donors (Lipinski definition) is 2. The second-order valence-corrected chi connectivity index (χ2v) is 4.78. The maximum Gasteiger partial charge on any atom is 0.255 e. The monoisotopic (exact) mass is 306 g/mol. The standard InChI is InChI=1S/C15H12ClFN2O2/c1-9(20)18-14-8-12(5-6-13(14)17)19-15(21)10-3-2-4-11(16)7-10/h2-8H,1H3,(H,18,20)(H,19,21). The fraction of sp³-hybridized carbons (Fsp3) is 0.0667. The van der Waals surface area contributed by atoms with Crippen LogP contribution in [0.5, 0.6) is 0 Å². The minimum atomic E-state index is -0.578. The summed E-state index contributed by atoms with van der Waals surface area (Å²) in [7, 11) is 0. The Hall–Kier alpha value is -2.40. The highest BCUT2D eigenvalue weighted by Crippen LogP contribution is 2.20. The van der Waals surface area contributed by atoms with Gasteiger partial charge in [-0.2, -0.15) is 0 Å². The summed E-state index contributed by atoms with van der Waals surface area (Å²) in [5.41, 5.74) is 0.754. The number of halogens is 2. The van der Waals surface area contributed by atoms with Crippen molar-refractivity contribution in [3.63, 3.8) is 0 Å².